The van der Waals surface area contributed by atoms with E-state index in [4.69, 9.17) is 42.6 Å². The molecule has 0 fully saturated rings. The second kappa shape index (κ2) is 12.0. The van der Waals surface area contributed by atoms with Crippen LogP contribution in [0.15, 0.2) is 169 Å². The third-order valence-corrected chi connectivity index (χ3v) is 9.42. The van der Waals surface area contributed by atoms with E-state index < -0.39 is 0 Å². The lowest BCUT2D eigenvalue weighted by Crippen LogP contribution is -1.92. The Balaban J connectivity index is 1.03. The van der Waals surface area contributed by atoms with Crippen LogP contribution in [0.3, 0.4) is 0 Å². The Kier molecular flexibility index (Phi) is 6.65. The number of oxazole rings is 4. The topological polar surface area (TPSA) is 117 Å². The number of para-hydroxylation sites is 8. The molecule has 0 aliphatic carbocycles. The molecule has 0 amide bonds. The van der Waals surface area contributed by atoms with E-state index in [1.54, 1.807) is 0 Å². The molecular formula is C45H25N5O4. The van der Waals surface area contributed by atoms with Crippen molar-refractivity contribution in [3.8, 4) is 68.3 Å². The average Bonchev–Trinajstić information content (AvgIpc) is 4.04. The molecule has 11 aromatic rings. The van der Waals surface area contributed by atoms with E-state index in [0.717, 1.165) is 66.6 Å². The maximum Gasteiger partial charge on any atom is 0.246 e. The van der Waals surface area contributed by atoms with Crippen LogP contribution in [-0.2, 0) is 0 Å². The Hall–Kier alpha value is -7.65. The molecule has 0 radical (unpaired) electrons. The van der Waals surface area contributed by atoms with Gasteiger partial charge < -0.3 is 17.7 Å². The molecule has 0 spiro atoms. The summed E-state index contributed by atoms with van der Waals surface area (Å²) in [5, 5.41) is 0. The third kappa shape index (κ3) is 5.22. The maximum atomic E-state index is 6.21. The number of benzene rings is 6. The first-order chi connectivity index (χ1) is 26.7. The Labute approximate surface area is 306 Å². The van der Waals surface area contributed by atoms with Gasteiger partial charge in [0, 0.05) is 11.1 Å². The SMILES string of the molecule is c1ccc2oc(-c3cc(-c4ccc(-c5cc(-c6nc7ccccc7o6)nc(-c6nc7ccccc7o6)c5)cc4)cc(-c4nc5ccccc5o4)c3)nc2c1. The van der Waals surface area contributed by atoms with E-state index in [0.29, 0.717) is 46.1 Å². The van der Waals surface area contributed by atoms with Gasteiger partial charge in [0.05, 0.1) is 0 Å². The molecule has 0 aliphatic rings. The standard InChI is InChI=1S/C45H25N5O4/c1-5-13-38-32(9-1)47-42(51-38)30-21-28(22-31(23-30)43-48-33-10-2-6-14-39(33)52-43)26-17-19-27(20-18-26)29-24-36(44-49-34-11-3-7-15-40(34)53-44)46-37(25-29)45-50-35-12-4-8-16-41(35)54-45/h1-25H. The molecule has 0 bridgehead atoms. The monoisotopic (exact) mass is 699 g/mol. The van der Waals surface area contributed by atoms with Gasteiger partial charge in [-0.1, -0.05) is 72.8 Å². The van der Waals surface area contributed by atoms with Crippen molar-refractivity contribution in [1.29, 1.82) is 0 Å². The van der Waals surface area contributed by atoms with Crippen molar-refractivity contribution in [2.45, 2.75) is 0 Å². The van der Waals surface area contributed by atoms with Gasteiger partial charge in [-0.25, -0.2) is 24.9 Å². The molecule has 0 atom stereocenters. The number of hydrogen-bond acceptors (Lipinski definition) is 9. The molecule has 5 aromatic heterocycles. The molecule has 254 valence electrons. The molecule has 9 heteroatoms. The zero-order valence-corrected chi connectivity index (χ0v) is 28.3. The van der Waals surface area contributed by atoms with Crippen LogP contribution in [-0.4, -0.2) is 24.9 Å². The number of fused-ring (bicyclic) bond motifs is 4. The van der Waals surface area contributed by atoms with E-state index in [-0.39, 0.29) is 0 Å². The Morgan fingerprint density at radius 2 is 0.574 bits per heavy atom. The smallest absolute Gasteiger partial charge is 0.246 e. The van der Waals surface area contributed by atoms with Gasteiger partial charge in [-0.3, -0.25) is 0 Å². The van der Waals surface area contributed by atoms with Crippen molar-refractivity contribution >= 4 is 44.4 Å². The van der Waals surface area contributed by atoms with E-state index in [2.05, 4.69) is 36.4 Å². The summed E-state index contributed by atoms with van der Waals surface area (Å²) in [6.45, 7) is 0. The van der Waals surface area contributed by atoms with Gasteiger partial charge in [-0.15, -0.1) is 0 Å². The molecule has 0 aliphatic heterocycles. The van der Waals surface area contributed by atoms with Crippen LogP contribution in [0.5, 0.6) is 0 Å². The zero-order chi connectivity index (χ0) is 35.6. The minimum Gasteiger partial charge on any atom is -0.436 e. The fourth-order valence-corrected chi connectivity index (χ4v) is 6.77. The van der Waals surface area contributed by atoms with Crippen LogP contribution >= 0.6 is 0 Å². The van der Waals surface area contributed by atoms with E-state index in [1.165, 1.54) is 0 Å². The quantitative estimate of drug-likeness (QED) is 0.167. The summed E-state index contributed by atoms with van der Waals surface area (Å²) in [4.78, 5) is 24.0. The normalized spacial score (nSPS) is 11.7. The highest BCUT2D eigenvalue weighted by Crippen LogP contribution is 2.37. The summed E-state index contributed by atoms with van der Waals surface area (Å²) in [7, 11) is 0. The third-order valence-electron chi connectivity index (χ3n) is 9.42. The first kappa shape index (κ1) is 30.0. The van der Waals surface area contributed by atoms with Crippen molar-refractivity contribution in [3.05, 3.63) is 152 Å². The van der Waals surface area contributed by atoms with Crippen molar-refractivity contribution in [3.63, 3.8) is 0 Å². The minimum absolute atomic E-state index is 0.412. The van der Waals surface area contributed by atoms with Gasteiger partial charge in [-0.2, -0.15) is 0 Å². The summed E-state index contributed by atoms with van der Waals surface area (Å²) >= 11 is 0. The van der Waals surface area contributed by atoms with E-state index in [9.17, 15) is 0 Å². The van der Waals surface area contributed by atoms with Gasteiger partial charge in [0.1, 0.15) is 33.5 Å². The second-order valence-electron chi connectivity index (χ2n) is 12.9. The molecule has 54 heavy (non-hydrogen) atoms. The minimum atomic E-state index is 0.412. The first-order valence-corrected chi connectivity index (χ1v) is 17.4. The maximum absolute atomic E-state index is 6.21. The van der Waals surface area contributed by atoms with Gasteiger partial charge in [0.2, 0.25) is 23.6 Å². The Morgan fingerprint density at radius 1 is 0.259 bits per heavy atom. The molecule has 0 saturated carbocycles. The van der Waals surface area contributed by atoms with E-state index >= 15 is 0 Å². The molecule has 5 heterocycles. The summed E-state index contributed by atoms with van der Waals surface area (Å²) in [6.07, 6.45) is 0. The van der Waals surface area contributed by atoms with Crippen molar-refractivity contribution < 1.29 is 17.7 Å². The van der Waals surface area contributed by atoms with Crippen molar-refractivity contribution in [2.75, 3.05) is 0 Å². The first-order valence-electron chi connectivity index (χ1n) is 17.4. The second-order valence-corrected chi connectivity index (χ2v) is 12.9. The van der Waals surface area contributed by atoms with Gasteiger partial charge in [0.25, 0.3) is 0 Å². The lowest BCUT2D eigenvalue weighted by Gasteiger charge is -2.10. The highest BCUT2D eigenvalue weighted by atomic mass is 16.4. The lowest BCUT2D eigenvalue weighted by atomic mass is 9.97. The highest BCUT2D eigenvalue weighted by Gasteiger charge is 2.19. The van der Waals surface area contributed by atoms with Crippen LogP contribution in [0.1, 0.15) is 0 Å². The van der Waals surface area contributed by atoms with Crippen molar-refractivity contribution in [2.24, 2.45) is 0 Å². The number of pyridine rings is 1. The van der Waals surface area contributed by atoms with Gasteiger partial charge in [-0.05, 0) is 101 Å². The average molecular weight is 700 g/mol. The number of hydrogen-bond donors (Lipinski definition) is 0. The summed E-state index contributed by atoms with van der Waals surface area (Å²) < 4.78 is 24.7. The lowest BCUT2D eigenvalue weighted by molar-refractivity contribution is 0.611. The fourth-order valence-electron chi connectivity index (χ4n) is 6.77. The van der Waals surface area contributed by atoms with E-state index in [1.807, 2.05) is 115 Å². The van der Waals surface area contributed by atoms with Crippen LogP contribution in [0.4, 0.5) is 0 Å². The molecular weight excluding hydrogens is 675 g/mol. The largest absolute Gasteiger partial charge is 0.436 e. The zero-order valence-electron chi connectivity index (χ0n) is 28.3. The van der Waals surface area contributed by atoms with Gasteiger partial charge in [0.15, 0.2) is 22.3 Å². The van der Waals surface area contributed by atoms with Crippen LogP contribution in [0, 0.1) is 0 Å². The number of nitrogens with zero attached hydrogens (tertiary/aromatic N) is 5. The van der Waals surface area contributed by atoms with Crippen LogP contribution < -0.4 is 0 Å². The fraction of sp³-hybridized carbons (Fsp3) is 0. The molecule has 11 rings (SSSR count). The predicted molar refractivity (Wildman–Crippen MR) is 207 cm³/mol. The number of rotatable bonds is 6. The van der Waals surface area contributed by atoms with Crippen LogP contribution in [0.25, 0.3) is 113 Å². The Bertz CT molecular complexity index is 2660. The number of aromatic nitrogens is 5. The van der Waals surface area contributed by atoms with Crippen LogP contribution in [0.2, 0.25) is 0 Å². The Morgan fingerprint density at radius 3 is 0.963 bits per heavy atom. The summed E-state index contributed by atoms with van der Waals surface area (Å²) in [5.74, 6) is 1.86. The highest BCUT2D eigenvalue weighted by molar-refractivity contribution is 5.84. The summed E-state index contributed by atoms with van der Waals surface area (Å²) in [6, 6.07) is 49.3. The molecule has 0 saturated heterocycles. The predicted octanol–water partition coefficient (Wildman–Crippen LogP) is 11.6. The molecule has 0 N–H and O–H groups in total. The molecule has 6 aromatic carbocycles. The molecule has 9 nitrogen and oxygen atoms in total. The summed E-state index contributed by atoms with van der Waals surface area (Å²) in [5.41, 5.74) is 12.5. The van der Waals surface area contributed by atoms with Gasteiger partial charge >= 0.3 is 0 Å². The van der Waals surface area contributed by atoms with Crippen molar-refractivity contribution in [1.82, 2.24) is 24.9 Å². The molecule has 0 unspecified atom stereocenters.